The van der Waals surface area contributed by atoms with E-state index in [9.17, 15) is 0 Å². The van der Waals surface area contributed by atoms with E-state index in [0.29, 0.717) is 0 Å². The van der Waals surface area contributed by atoms with E-state index >= 15 is 0 Å². The molecule has 2 aromatic heterocycles. The Kier molecular flexibility index (Phi) is 1.47. The molecule has 0 fully saturated rings. The minimum Gasteiger partial charge on any atom is -0.462 e. The van der Waals surface area contributed by atoms with Gasteiger partial charge in [0.05, 0.1) is 6.26 Å². The number of aromatic nitrogens is 2. The molecule has 0 aromatic carbocycles. The molecule has 0 radical (unpaired) electrons. The maximum Gasteiger partial charge on any atom is 0.183 e. The Hall–Kier alpha value is -1.16. The lowest BCUT2D eigenvalue weighted by atomic mass is 10.5. The van der Waals surface area contributed by atoms with Gasteiger partial charge in [-0.3, -0.25) is 0 Å². The van der Waals surface area contributed by atoms with Crippen LogP contribution < -0.4 is 0 Å². The highest BCUT2D eigenvalue weighted by atomic mass is 32.1. The Bertz CT molecular complexity index is 339. The van der Waals surface area contributed by atoms with Gasteiger partial charge in [0.2, 0.25) is 0 Å². The molecule has 0 N–H and O–H groups in total. The van der Waals surface area contributed by atoms with E-state index in [0.717, 1.165) is 15.8 Å². The van der Waals surface area contributed by atoms with Crippen LogP contribution >= 0.6 is 11.3 Å². The summed E-state index contributed by atoms with van der Waals surface area (Å²) in [4.78, 5) is 0. The molecule has 3 nitrogen and oxygen atoms in total. The second kappa shape index (κ2) is 2.47. The summed E-state index contributed by atoms with van der Waals surface area (Å²) in [5.41, 5.74) is 0. The second-order valence-corrected chi connectivity index (χ2v) is 3.29. The average molecular weight is 166 g/mol. The highest BCUT2D eigenvalue weighted by Crippen LogP contribution is 2.22. The summed E-state index contributed by atoms with van der Waals surface area (Å²) < 4.78 is 5.14. The topological polar surface area (TPSA) is 38.9 Å². The van der Waals surface area contributed by atoms with Crippen LogP contribution in [0.1, 0.15) is 5.01 Å². The highest BCUT2D eigenvalue weighted by Gasteiger charge is 2.04. The zero-order valence-corrected chi connectivity index (χ0v) is 6.76. The lowest BCUT2D eigenvalue weighted by Gasteiger charge is -1.82. The Morgan fingerprint density at radius 1 is 1.45 bits per heavy atom. The number of aryl methyl sites for hydroxylation is 1. The van der Waals surface area contributed by atoms with Crippen molar-refractivity contribution < 1.29 is 4.42 Å². The predicted octanol–water partition coefficient (Wildman–Crippen LogP) is 2.11. The molecule has 0 saturated carbocycles. The van der Waals surface area contributed by atoms with E-state index in [2.05, 4.69) is 10.2 Å². The van der Waals surface area contributed by atoms with Crippen LogP contribution in [0, 0.1) is 6.92 Å². The quantitative estimate of drug-likeness (QED) is 0.651. The van der Waals surface area contributed by atoms with Crippen LogP contribution in [0.3, 0.4) is 0 Å². The summed E-state index contributed by atoms with van der Waals surface area (Å²) in [6, 6.07) is 3.71. The van der Waals surface area contributed by atoms with Crippen molar-refractivity contribution in [2.24, 2.45) is 0 Å². The molecule has 0 aliphatic carbocycles. The molecule has 2 rings (SSSR count). The van der Waals surface area contributed by atoms with Crippen LogP contribution in [-0.4, -0.2) is 10.2 Å². The molecular weight excluding hydrogens is 160 g/mol. The molecule has 0 aliphatic heterocycles. The van der Waals surface area contributed by atoms with Crippen LogP contribution in [0.15, 0.2) is 22.8 Å². The summed E-state index contributed by atoms with van der Waals surface area (Å²) in [5.74, 6) is 0.788. The Morgan fingerprint density at radius 2 is 2.36 bits per heavy atom. The number of hydrogen-bond donors (Lipinski definition) is 0. The molecule has 0 unspecified atom stereocenters. The minimum absolute atomic E-state index is 0.788. The fourth-order valence-corrected chi connectivity index (χ4v) is 1.46. The summed E-state index contributed by atoms with van der Waals surface area (Å²) in [6.45, 7) is 1.92. The van der Waals surface area contributed by atoms with Gasteiger partial charge in [-0.15, -0.1) is 10.2 Å². The van der Waals surface area contributed by atoms with Gasteiger partial charge < -0.3 is 4.42 Å². The van der Waals surface area contributed by atoms with Gasteiger partial charge in [0.15, 0.2) is 10.8 Å². The van der Waals surface area contributed by atoms with Crippen molar-refractivity contribution in [1.29, 1.82) is 0 Å². The summed E-state index contributed by atoms with van der Waals surface area (Å²) >= 11 is 1.53. The minimum atomic E-state index is 0.788. The summed E-state index contributed by atoms with van der Waals surface area (Å²) in [5, 5.41) is 9.61. The molecule has 4 heteroatoms. The van der Waals surface area contributed by atoms with Gasteiger partial charge in [0.1, 0.15) is 5.01 Å². The van der Waals surface area contributed by atoms with Gasteiger partial charge in [-0.05, 0) is 19.1 Å². The maximum absolute atomic E-state index is 5.14. The standard InChI is InChI=1S/C7H6N2OS/c1-5-8-9-7(11-5)6-3-2-4-10-6/h2-4H,1H3. The van der Waals surface area contributed by atoms with Crippen LogP contribution in [0.4, 0.5) is 0 Å². The van der Waals surface area contributed by atoms with Gasteiger partial charge in [0, 0.05) is 0 Å². The first-order valence-electron chi connectivity index (χ1n) is 3.20. The van der Waals surface area contributed by atoms with Crippen molar-refractivity contribution in [3.8, 4) is 10.8 Å². The van der Waals surface area contributed by atoms with Gasteiger partial charge in [-0.25, -0.2) is 0 Å². The molecule has 0 atom stereocenters. The van der Waals surface area contributed by atoms with E-state index in [-0.39, 0.29) is 0 Å². The first kappa shape index (κ1) is 6.54. The van der Waals surface area contributed by atoms with E-state index in [1.807, 2.05) is 19.1 Å². The normalized spacial score (nSPS) is 10.3. The van der Waals surface area contributed by atoms with Crippen molar-refractivity contribution in [2.75, 3.05) is 0 Å². The third kappa shape index (κ3) is 1.17. The van der Waals surface area contributed by atoms with E-state index in [4.69, 9.17) is 4.42 Å². The number of hydrogen-bond acceptors (Lipinski definition) is 4. The highest BCUT2D eigenvalue weighted by molar-refractivity contribution is 7.14. The predicted molar refractivity (Wildman–Crippen MR) is 42.3 cm³/mol. The Labute approximate surface area is 67.7 Å². The van der Waals surface area contributed by atoms with Crippen LogP contribution in [0.25, 0.3) is 10.8 Å². The first-order valence-corrected chi connectivity index (χ1v) is 4.02. The van der Waals surface area contributed by atoms with Gasteiger partial charge in [-0.2, -0.15) is 0 Å². The lowest BCUT2D eigenvalue weighted by Crippen LogP contribution is -1.71. The molecular formula is C7H6N2OS. The molecule has 0 amide bonds. The molecule has 0 saturated heterocycles. The third-order valence-corrected chi connectivity index (χ3v) is 2.11. The van der Waals surface area contributed by atoms with E-state index in [1.54, 1.807) is 6.26 Å². The molecule has 2 heterocycles. The lowest BCUT2D eigenvalue weighted by molar-refractivity contribution is 0.581. The first-order chi connectivity index (χ1) is 5.36. The van der Waals surface area contributed by atoms with Gasteiger partial charge >= 0.3 is 0 Å². The summed E-state index contributed by atoms with van der Waals surface area (Å²) in [6.07, 6.45) is 1.63. The third-order valence-electron chi connectivity index (χ3n) is 1.26. The largest absolute Gasteiger partial charge is 0.462 e. The van der Waals surface area contributed by atoms with Gasteiger partial charge in [0.25, 0.3) is 0 Å². The molecule has 0 spiro atoms. The number of rotatable bonds is 1. The molecule has 0 bridgehead atoms. The van der Waals surface area contributed by atoms with Crippen molar-refractivity contribution in [2.45, 2.75) is 6.92 Å². The number of furan rings is 1. The Morgan fingerprint density at radius 3 is 2.91 bits per heavy atom. The molecule has 2 aromatic rings. The van der Waals surface area contributed by atoms with Crippen molar-refractivity contribution in [3.05, 3.63) is 23.4 Å². The van der Waals surface area contributed by atoms with Crippen LogP contribution in [0.5, 0.6) is 0 Å². The maximum atomic E-state index is 5.14. The van der Waals surface area contributed by atoms with Crippen molar-refractivity contribution >= 4 is 11.3 Å². The molecule has 56 valence electrons. The summed E-state index contributed by atoms with van der Waals surface area (Å²) in [7, 11) is 0. The van der Waals surface area contributed by atoms with Crippen molar-refractivity contribution in [1.82, 2.24) is 10.2 Å². The SMILES string of the molecule is Cc1nnc(-c2ccco2)s1. The molecule has 0 aliphatic rings. The Balaban J connectivity index is 2.45. The fraction of sp³-hybridized carbons (Fsp3) is 0.143. The van der Waals surface area contributed by atoms with E-state index in [1.165, 1.54) is 11.3 Å². The van der Waals surface area contributed by atoms with Crippen LogP contribution in [-0.2, 0) is 0 Å². The zero-order valence-electron chi connectivity index (χ0n) is 5.94. The van der Waals surface area contributed by atoms with Crippen molar-refractivity contribution in [3.63, 3.8) is 0 Å². The van der Waals surface area contributed by atoms with Gasteiger partial charge in [-0.1, -0.05) is 11.3 Å². The second-order valence-electron chi connectivity index (χ2n) is 2.10. The fourth-order valence-electron chi connectivity index (χ4n) is 0.796. The smallest absolute Gasteiger partial charge is 0.183 e. The van der Waals surface area contributed by atoms with E-state index < -0.39 is 0 Å². The molecule has 11 heavy (non-hydrogen) atoms. The zero-order chi connectivity index (χ0) is 7.68. The number of nitrogens with zero attached hydrogens (tertiary/aromatic N) is 2. The average Bonchev–Trinajstić information content (AvgIpc) is 2.55. The van der Waals surface area contributed by atoms with Crippen LogP contribution in [0.2, 0.25) is 0 Å². The monoisotopic (exact) mass is 166 g/mol.